The molecule has 1 aromatic carbocycles. The predicted octanol–water partition coefficient (Wildman–Crippen LogP) is 2.10. The normalized spacial score (nSPS) is 18.0. The van der Waals surface area contributed by atoms with Crippen LogP contribution in [-0.2, 0) is 6.54 Å². The molecule has 0 unspecified atom stereocenters. The van der Waals surface area contributed by atoms with Gasteiger partial charge in [0.05, 0.1) is 24.2 Å². The third-order valence-electron chi connectivity index (χ3n) is 5.08. The molecule has 28 heavy (non-hydrogen) atoms. The highest BCUT2D eigenvalue weighted by molar-refractivity contribution is 5.96. The molecule has 3 heterocycles. The molecule has 1 saturated carbocycles. The van der Waals surface area contributed by atoms with Gasteiger partial charge in [0.1, 0.15) is 6.04 Å². The minimum atomic E-state index is -0.404. The lowest BCUT2D eigenvalue weighted by Gasteiger charge is -2.23. The van der Waals surface area contributed by atoms with E-state index in [1.54, 1.807) is 23.2 Å². The molecule has 2 aromatic heterocycles. The van der Waals surface area contributed by atoms with Gasteiger partial charge in [-0.2, -0.15) is 10.2 Å². The fourth-order valence-electron chi connectivity index (χ4n) is 3.53. The second-order valence-corrected chi connectivity index (χ2v) is 7.03. The Morgan fingerprint density at radius 2 is 2.00 bits per heavy atom. The van der Waals surface area contributed by atoms with Crippen LogP contribution in [0.3, 0.4) is 0 Å². The summed E-state index contributed by atoms with van der Waals surface area (Å²) in [6, 6.07) is 7.06. The molecule has 0 spiro atoms. The van der Waals surface area contributed by atoms with Crippen LogP contribution in [0, 0.1) is 0 Å². The second-order valence-electron chi connectivity index (χ2n) is 7.03. The van der Waals surface area contributed by atoms with Crippen molar-refractivity contribution in [1.82, 2.24) is 25.4 Å². The summed E-state index contributed by atoms with van der Waals surface area (Å²) in [6.45, 7) is 0.367. The summed E-state index contributed by atoms with van der Waals surface area (Å²) >= 11 is 0. The highest BCUT2D eigenvalue weighted by Gasteiger charge is 2.37. The largest absolute Gasteiger partial charge is 0.446 e. The number of oxazole rings is 1. The molecule has 1 aliphatic heterocycles. The van der Waals surface area contributed by atoms with Crippen LogP contribution in [0.1, 0.15) is 56.5 Å². The molecule has 8 nitrogen and oxygen atoms in total. The Hall–Kier alpha value is -3.55. The second kappa shape index (κ2) is 6.56. The van der Waals surface area contributed by atoms with Crippen LogP contribution in [0.15, 0.2) is 53.7 Å². The van der Waals surface area contributed by atoms with Crippen LogP contribution in [0.4, 0.5) is 0 Å². The first-order valence-corrected chi connectivity index (χ1v) is 9.10. The number of nitrogens with one attached hydrogen (secondary N) is 1. The molecule has 140 valence electrons. The van der Waals surface area contributed by atoms with Crippen molar-refractivity contribution in [2.75, 3.05) is 0 Å². The van der Waals surface area contributed by atoms with E-state index in [0.29, 0.717) is 29.5 Å². The highest BCUT2D eigenvalue weighted by Crippen LogP contribution is 2.39. The molecule has 8 heteroatoms. The topological polar surface area (TPSA) is 101 Å². The summed E-state index contributed by atoms with van der Waals surface area (Å²) < 4.78 is 5.52. The Kier molecular flexibility index (Phi) is 3.89. The number of nitrogens with zero attached hydrogens (tertiary/aromatic N) is 4. The van der Waals surface area contributed by atoms with Crippen molar-refractivity contribution < 1.29 is 14.0 Å². The number of amides is 2. The molecule has 2 amide bonds. The molecule has 2 aliphatic rings. The molecule has 0 bridgehead atoms. The van der Waals surface area contributed by atoms with E-state index in [4.69, 9.17) is 4.42 Å². The molecule has 1 aliphatic carbocycles. The lowest BCUT2D eigenvalue weighted by atomic mass is 10.0. The van der Waals surface area contributed by atoms with Gasteiger partial charge in [-0.05, 0) is 42.2 Å². The van der Waals surface area contributed by atoms with Crippen LogP contribution in [0.5, 0.6) is 0 Å². The van der Waals surface area contributed by atoms with Gasteiger partial charge < -0.3 is 14.6 Å². The van der Waals surface area contributed by atoms with Crippen LogP contribution in [-0.4, -0.2) is 37.9 Å². The summed E-state index contributed by atoms with van der Waals surface area (Å²) in [6.07, 6.45) is 7.95. The maximum Gasteiger partial charge on any atom is 0.256 e. The van der Waals surface area contributed by atoms with Gasteiger partial charge in [0.15, 0.2) is 12.2 Å². The number of aromatic nitrogens is 3. The fourth-order valence-corrected chi connectivity index (χ4v) is 3.53. The third-order valence-corrected chi connectivity index (χ3v) is 5.08. The van der Waals surface area contributed by atoms with Crippen LogP contribution in [0.25, 0.3) is 0 Å². The maximum absolute atomic E-state index is 13.1. The van der Waals surface area contributed by atoms with E-state index in [0.717, 1.165) is 24.0 Å². The number of rotatable bonds is 4. The van der Waals surface area contributed by atoms with E-state index in [1.165, 1.54) is 18.8 Å². The van der Waals surface area contributed by atoms with E-state index >= 15 is 0 Å². The lowest BCUT2D eigenvalue weighted by molar-refractivity contribution is 0.0702. The number of fused-ring (bicyclic) bond motifs is 1. The third kappa shape index (κ3) is 2.92. The Balaban J connectivity index is 1.51. The van der Waals surface area contributed by atoms with Gasteiger partial charge >= 0.3 is 0 Å². The molecular formula is C20H17N5O3. The zero-order valence-corrected chi connectivity index (χ0v) is 14.9. The van der Waals surface area contributed by atoms with Gasteiger partial charge in [0, 0.05) is 18.2 Å². The number of hydrogen-bond acceptors (Lipinski definition) is 6. The Labute approximate surface area is 160 Å². The first-order valence-electron chi connectivity index (χ1n) is 9.10. The predicted molar refractivity (Wildman–Crippen MR) is 97.2 cm³/mol. The Bertz CT molecular complexity index is 1030. The zero-order chi connectivity index (χ0) is 19.1. The van der Waals surface area contributed by atoms with Gasteiger partial charge in [-0.3, -0.25) is 9.59 Å². The SMILES string of the molecule is O=C(NC1CC1)c1ccc2c(c1)CN(C(=O)c1ccnnc1)[C@H]2c1cnco1. The zero-order valence-electron chi connectivity index (χ0n) is 14.9. The molecule has 1 N–H and O–H groups in total. The highest BCUT2D eigenvalue weighted by atomic mass is 16.3. The van der Waals surface area contributed by atoms with Gasteiger partial charge in [0.2, 0.25) is 0 Å². The smallest absolute Gasteiger partial charge is 0.256 e. The van der Waals surface area contributed by atoms with Crippen LogP contribution >= 0.6 is 0 Å². The minimum Gasteiger partial charge on any atom is -0.446 e. The summed E-state index contributed by atoms with van der Waals surface area (Å²) in [5.41, 5.74) is 2.89. The number of hydrogen-bond donors (Lipinski definition) is 1. The van der Waals surface area contributed by atoms with Crippen molar-refractivity contribution in [2.45, 2.75) is 31.5 Å². The van der Waals surface area contributed by atoms with Gasteiger partial charge in [-0.15, -0.1) is 0 Å². The summed E-state index contributed by atoms with van der Waals surface area (Å²) in [5, 5.41) is 10.5. The van der Waals surface area contributed by atoms with E-state index < -0.39 is 6.04 Å². The first-order chi connectivity index (χ1) is 13.7. The first kappa shape index (κ1) is 16.6. The van der Waals surface area contributed by atoms with Crippen molar-refractivity contribution >= 4 is 11.8 Å². The van der Waals surface area contributed by atoms with Crippen molar-refractivity contribution in [3.63, 3.8) is 0 Å². The Morgan fingerprint density at radius 3 is 2.71 bits per heavy atom. The monoisotopic (exact) mass is 375 g/mol. The molecule has 0 saturated heterocycles. The minimum absolute atomic E-state index is 0.0791. The number of carbonyl (C=O) groups is 2. The molecular weight excluding hydrogens is 358 g/mol. The molecule has 5 rings (SSSR count). The standard InChI is InChI=1S/C20H17N5O3/c26-19(24-15-2-3-15)12-1-4-16-14(7-12)10-25(18(16)17-9-21-11-28-17)20(27)13-5-6-22-23-8-13/h1,4-9,11,15,18H,2-3,10H2,(H,24,26)/t18-/m1/s1. The van der Waals surface area contributed by atoms with E-state index in [-0.39, 0.29) is 11.8 Å². The van der Waals surface area contributed by atoms with Crippen LogP contribution < -0.4 is 5.32 Å². The van der Waals surface area contributed by atoms with Gasteiger partial charge in [-0.25, -0.2) is 4.98 Å². The van der Waals surface area contributed by atoms with E-state index in [9.17, 15) is 9.59 Å². The van der Waals surface area contributed by atoms with Crippen molar-refractivity contribution in [2.24, 2.45) is 0 Å². The summed E-state index contributed by atoms with van der Waals surface area (Å²) in [5.74, 6) is 0.311. The lowest BCUT2D eigenvalue weighted by Crippen LogP contribution is -2.30. The number of carbonyl (C=O) groups excluding carboxylic acids is 2. The fraction of sp³-hybridized carbons (Fsp3) is 0.250. The number of benzene rings is 1. The molecule has 1 fully saturated rings. The molecule has 3 aromatic rings. The van der Waals surface area contributed by atoms with E-state index in [1.807, 2.05) is 12.1 Å². The summed E-state index contributed by atoms with van der Waals surface area (Å²) in [7, 11) is 0. The van der Waals surface area contributed by atoms with Gasteiger partial charge in [0.25, 0.3) is 11.8 Å². The average molecular weight is 375 g/mol. The van der Waals surface area contributed by atoms with Crippen LogP contribution in [0.2, 0.25) is 0 Å². The van der Waals surface area contributed by atoms with Crippen molar-refractivity contribution in [3.8, 4) is 0 Å². The van der Waals surface area contributed by atoms with Crippen molar-refractivity contribution in [1.29, 1.82) is 0 Å². The molecule has 1 atom stereocenters. The van der Waals surface area contributed by atoms with E-state index in [2.05, 4.69) is 20.5 Å². The maximum atomic E-state index is 13.1. The molecule has 0 radical (unpaired) electrons. The summed E-state index contributed by atoms with van der Waals surface area (Å²) in [4.78, 5) is 31.2. The average Bonchev–Trinajstić information content (AvgIpc) is 3.23. The quantitative estimate of drug-likeness (QED) is 0.749. The van der Waals surface area contributed by atoms with Crippen molar-refractivity contribution in [3.05, 3.63) is 77.3 Å². The Morgan fingerprint density at radius 1 is 1.11 bits per heavy atom. The van der Waals surface area contributed by atoms with Gasteiger partial charge in [-0.1, -0.05) is 6.07 Å².